The molecule has 0 unspecified atom stereocenters. The third-order valence-corrected chi connectivity index (χ3v) is 14.5. The third kappa shape index (κ3) is 7.24. The number of esters is 1. The maximum atomic E-state index is 13.3. The average Bonchev–Trinajstić information content (AvgIpc) is 3.47. The van der Waals surface area contributed by atoms with Crippen LogP contribution in [-0.4, -0.2) is 18.7 Å². The summed E-state index contributed by atoms with van der Waals surface area (Å²) in [7, 11) is 0. The molecule has 280 valence electrons. The average molecular weight is 774 g/mol. The number of benzene rings is 2. The lowest BCUT2D eigenvalue weighted by molar-refractivity contribution is -0.153. The molecule has 52 heavy (non-hydrogen) atoms. The van der Waals surface area contributed by atoms with Gasteiger partial charge >= 0.3 is 5.97 Å². The van der Waals surface area contributed by atoms with E-state index in [9.17, 15) is 9.59 Å². The first-order chi connectivity index (χ1) is 24.9. The smallest absolute Gasteiger partial charge is 0.344 e. The van der Waals surface area contributed by atoms with E-state index in [1.807, 2.05) is 12.1 Å². The van der Waals surface area contributed by atoms with Gasteiger partial charge in [0.1, 0.15) is 28.9 Å². The lowest BCUT2D eigenvalue weighted by Crippen LogP contribution is -2.51. The van der Waals surface area contributed by atoms with E-state index in [0.717, 1.165) is 59.2 Å². The van der Waals surface area contributed by atoms with Gasteiger partial charge in [-0.15, -0.1) is 0 Å². The van der Waals surface area contributed by atoms with E-state index in [1.165, 1.54) is 56.9 Å². The van der Waals surface area contributed by atoms with Gasteiger partial charge in [-0.05, 0) is 135 Å². The van der Waals surface area contributed by atoms with Gasteiger partial charge in [0.2, 0.25) is 11.2 Å². The Bertz CT molecular complexity index is 1860. The number of fused-ring (bicyclic) bond motifs is 6. The van der Waals surface area contributed by atoms with Crippen molar-refractivity contribution in [2.24, 2.45) is 46.3 Å². The molecule has 8 atom stereocenters. The minimum Gasteiger partial charge on any atom is -0.482 e. The Morgan fingerprint density at radius 2 is 1.73 bits per heavy atom. The molecule has 6 nitrogen and oxygen atoms in total. The van der Waals surface area contributed by atoms with Crippen LogP contribution < -0.4 is 14.9 Å². The highest BCUT2D eigenvalue weighted by Crippen LogP contribution is 2.67. The van der Waals surface area contributed by atoms with Crippen molar-refractivity contribution >= 4 is 32.9 Å². The van der Waals surface area contributed by atoms with E-state index in [0.29, 0.717) is 33.6 Å². The summed E-state index contributed by atoms with van der Waals surface area (Å²) in [5, 5.41) is 0.378. The second-order valence-corrected chi connectivity index (χ2v) is 18.4. The monoisotopic (exact) mass is 772 g/mol. The van der Waals surface area contributed by atoms with Crippen LogP contribution in [0.4, 0.5) is 0 Å². The van der Waals surface area contributed by atoms with Crippen LogP contribution in [0.5, 0.6) is 17.2 Å². The molecular formula is C45H57BrO6. The summed E-state index contributed by atoms with van der Waals surface area (Å²) < 4.78 is 24.6. The summed E-state index contributed by atoms with van der Waals surface area (Å²) in [6.07, 6.45) is 16.1. The molecule has 4 aliphatic rings. The molecule has 3 saturated carbocycles. The SMILES string of the molecule is Cc1oc2cc(OCC(=O)O[C@@H]3CC[C@]4(C)C(=CC[C@H]5[C@@H]6CC[C@@H]([C@@H](C)CCCC(C)C)[C@@]6(C)CC[C@@H]54)C3)ccc2c(=O)c1Oc1ccc(Br)cc1. The highest BCUT2D eigenvalue weighted by molar-refractivity contribution is 9.10. The minimum atomic E-state index is -0.369. The normalized spacial score (nSPS) is 30.2. The number of halogens is 1. The number of allylic oxidation sites excluding steroid dienone is 1. The second kappa shape index (κ2) is 15.0. The number of carbonyl (C=O) groups excluding carboxylic acids is 1. The Labute approximate surface area is 318 Å². The first-order valence-corrected chi connectivity index (χ1v) is 20.7. The molecule has 1 aromatic heterocycles. The van der Waals surface area contributed by atoms with Crippen LogP contribution in [-0.2, 0) is 9.53 Å². The van der Waals surface area contributed by atoms with Crippen LogP contribution >= 0.6 is 15.9 Å². The van der Waals surface area contributed by atoms with Crippen LogP contribution in [0, 0.1) is 53.3 Å². The Kier molecular flexibility index (Phi) is 10.7. The maximum absolute atomic E-state index is 13.3. The zero-order chi connectivity index (χ0) is 36.8. The predicted octanol–water partition coefficient (Wildman–Crippen LogP) is 12.0. The molecule has 3 aromatic rings. The highest BCUT2D eigenvalue weighted by Gasteiger charge is 2.59. The fourth-order valence-corrected chi connectivity index (χ4v) is 11.5. The number of hydrogen-bond donors (Lipinski definition) is 0. The number of aryl methyl sites for hydroxylation is 1. The van der Waals surface area contributed by atoms with Crippen molar-refractivity contribution in [3.8, 4) is 17.2 Å². The summed E-state index contributed by atoms with van der Waals surface area (Å²) in [5.74, 6) is 5.98. The molecule has 7 rings (SSSR count). The molecule has 0 radical (unpaired) electrons. The Hall–Kier alpha value is -3.06. The molecule has 0 aliphatic heterocycles. The van der Waals surface area contributed by atoms with Crippen LogP contribution in [0.25, 0.3) is 11.0 Å². The van der Waals surface area contributed by atoms with Crippen LogP contribution in [0.2, 0.25) is 0 Å². The molecule has 0 saturated heterocycles. The van der Waals surface area contributed by atoms with Crippen LogP contribution in [0.15, 0.2) is 67.8 Å². The third-order valence-electron chi connectivity index (χ3n) is 13.9. The van der Waals surface area contributed by atoms with Gasteiger partial charge in [-0.1, -0.05) is 81.5 Å². The van der Waals surface area contributed by atoms with Gasteiger partial charge in [0.15, 0.2) is 6.61 Å². The van der Waals surface area contributed by atoms with E-state index in [2.05, 4.69) is 56.6 Å². The van der Waals surface area contributed by atoms with E-state index >= 15 is 0 Å². The summed E-state index contributed by atoms with van der Waals surface area (Å²) in [6.45, 7) is 13.9. The lowest BCUT2D eigenvalue weighted by Gasteiger charge is -2.58. The largest absolute Gasteiger partial charge is 0.482 e. The van der Waals surface area contributed by atoms with Crippen molar-refractivity contribution in [2.75, 3.05) is 6.61 Å². The van der Waals surface area contributed by atoms with Crippen molar-refractivity contribution in [3.63, 3.8) is 0 Å². The number of carbonyl (C=O) groups is 1. The number of rotatable bonds is 11. The van der Waals surface area contributed by atoms with Gasteiger partial charge < -0.3 is 18.6 Å². The molecule has 0 N–H and O–H groups in total. The highest BCUT2D eigenvalue weighted by atomic mass is 79.9. The predicted molar refractivity (Wildman–Crippen MR) is 210 cm³/mol. The quantitative estimate of drug-likeness (QED) is 0.143. The maximum Gasteiger partial charge on any atom is 0.344 e. The molecule has 1 heterocycles. The van der Waals surface area contributed by atoms with E-state index in [1.54, 1.807) is 37.3 Å². The topological polar surface area (TPSA) is 75.0 Å². The van der Waals surface area contributed by atoms with E-state index in [4.69, 9.17) is 18.6 Å². The lowest BCUT2D eigenvalue weighted by atomic mass is 9.47. The molecule has 0 amide bonds. The Morgan fingerprint density at radius 3 is 2.50 bits per heavy atom. The van der Waals surface area contributed by atoms with Crippen molar-refractivity contribution in [2.45, 2.75) is 118 Å². The standard InChI is InChI=1S/C45H57BrO6/c1-27(2)8-7-9-28(3)37-18-19-38-35-16-10-30-24-34(20-22-44(30,5)39(35)21-23-45(37,38)6)51-41(47)26-49-33-15-17-36-40(25-33)50-29(4)43(42(36)48)52-32-13-11-31(46)12-14-32/h10-15,17,25,27-28,34-35,37-39H,7-9,16,18-24,26H2,1-6H3/t28-,34+,35-,37-,38-,39-,44+,45+/m0/s1. The van der Waals surface area contributed by atoms with E-state index < -0.39 is 0 Å². The van der Waals surface area contributed by atoms with Crippen molar-refractivity contribution in [1.29, 1.82) is 0 Å². The van der Waals surface area contributed by atoms with Crippen molar-refractivity contribution in [3.05, 3.63) is 74.6 Å². The molecule has 3 fully saturated rings. The fourth-order valence-electron chi connectivity index (χ4n) is 11.2. The van der Waals surface area contributed by atoms with Gasteiger partial charge in [0.05, 0.1) is 5.39 Å². The molecule has 4 aliphatic carbocycles. The van der Waals surface area contributed by atoms with Gasteiger partial charge in [0.25, 0.3) is 0 Å². The van der Waals surface area contributed by atoms with E-state index in [-0.39, 0.29) is 35.3 Å². The Balaban J connectivity index is 0.944. The van der Waals surface area contributed by atoms with Gasteiger partial charge in [0, 0.05) is 17.0 Å². The summed E-state index contributed by atoms with van der Waals surface area (Å²) >= 11 is 3.41. The molecule has 2 aromatic carbocycles. The molecule has 0 spiro atoms. The summed E-state index contributed by atoms with van der Waals surface area (Å²) in [6, 6.07) is 12.2. The minimum absolute atomic E-state index is 0.121. The number of ether oxygens (including phenoxy) is 3. The second-order valence-electron chi connectivity index (χ2n) is 17.5. The number of hydrogen-bond acceptors (Lipinski definition) is 6. The van der Waals surface area contributed by atoms with Crippen molar-refractivity contribution in [1.82, 2.24) is 0 Å². The van der Waals surface area contributed by atoms with Gasteiger partial charge in [-0.2, -0.15) is 0 Å². The first-order valence-electron chi connectivity index (χ1n) is 19.9. The zero-order valence-electron chi connectivity index (χ0n) is 32.0. The van der Waals surface area contributed by atoms with Gasteiger partial charge in [-0.3, -0.25) is 4.79 Å². The van der Waals surface area contributed by atoms with Crippen LogP contribution in [0.3, 0.4) is 0 Å². The Morgan fingerprint density at radius 1 is 0.962 bits per heavy atom. The molecule has 7 heteroatoms. The van der Waals surface area contributed by atoms with Crippen molar-refractivity contribution < 1.29 is 23.4 Å². The summed E-state index contributed by atoms with van der Waals surface area (Å²) in [4.78, 5) is 26.3. The van der Waals surface area contributed by atoms with Gasteiger partial charge in [-0.25, -0.2) is 4.79 Å². The molecular weight excluding hydrogens is 716 g/mol. The summed E-state index contributed by atoms with van der Waals surface area (Å²) in [5.41, 5.74) is 2.32. The zero-order valence-corrected chi connectivity index (χ0v) is 33.6. The molecule has 0 bridgehead atoms. The fraction of sp³-hybridized carbons (Fsp3) is 0.600. The first kappa shape index (κ1) is 37.3. The van der Waals surface area contributed by atoms with Crippen LogP contribution in [0.1, 0.15) is 111 Å².